The molecule has 0 saturated carbocycles. The molecule has 0 aliphatic heterocycles. The molecule has 5 N–H and O–H groups in total. The van der Waals surface area contributed by atoms with E-state index >= 15 is 0 Å². The van der Waals surface area contributed by atoms with Gasteiger partial charge in [0.1, 0.15) is 11.6 Å². The third-order valence-electron chi connectivity index (χ3n) is 4.65. The van der Waals surface area contributed by atoms with Gasteiger partial charge in [-0.05, 0) is 37.0 Å². The zero-order chi connectivity index (χ0) is 17.9. The van der Waals surface area contributed by atoms with E-state index in [1.165, 1.54) is 5.56 Å². The smallest absolute Gasteiger partial charge is 0.161 e. The molecule has 0 saturated heterocycles. The Morgan fingerprint density at radius 3 is 2.77 bits per heavy atom. The molecule has 0 radical (unpaired) electrons. The number of benzene rings is 1. The Morgan fingerprint density at radius 2 is 1.96 bits per heavy atom. The second kappa shape index (κ2) is 7.09. The van der Waals surface area contributed by atoms with Crippen LogP contribution in [0.3, 0.4) is 0 Å². The Kier molecular flexibility index (Phi) is 4.50. The average Bonchev–Trinajstić information content (AvgIpc) is 2.67. The van der Waals surface area contributed by atoms with Gasteiger partial charge in [0.05, 0.1) is 0 Å². The summed E-state index contributed by atoms with van der Waals surface area (Å²) in [7, 11) is 0. The molecule has 1 aliphatic rings. The van der Waals surface area contributed by atoms with E-state index in [9.17, 15) is 0 Å². The monoisotopic (exact) mass is 346 g/mol. The first kappa shape index (κ1) is 16.5. The number of nitrogens with two attached hydrogens (primary N) is 2. The van der Waals surface area contributed by atoms with Crippen LogP contribution >= 0.6 is 0 Å². The molecule has 26 heavy (non-hydrogen) atoms. The molecule has 6 heteroatoms. The average molecular weight is 346 g/mol. The fourth-order valence-corrected chi connectivity index (χ4v) is 3.28. The molecule has 1 aromatic carbocycles. The normalized spacial score (nSPS) is 16.1. The van der Waals surface area contributed by atoms with Crippen molar-refractivity contribution in [2.45, 2.75) is 31.8 Å². The van der Waals surface area contributed by atoms with Gasteiger partial charge in [0.2, 0.25) is 0 Å². The summed E-state index contributed by atoms with van der Waals surface area (Å²) in [5, 5.41) is 3.48. The molecule has 6 nitrogen and oxygen atoms in total. The lowest BCUT2D eigenvalue weighted by atomic mass is 9.92. The molecule has 3 aromatic rings. The highest BCUT2D eigenvalue weighted by atomic mass is 15.0. The molecule has 0 bridgehead atoms. The number of aryl methyl sites for hydroxylation is 1. The number of hydrogen-bond donors (Lipinski definition) is 3. The summed E-state index contributed by atoms with van der Waals surface area (Å²) < 4.78 is 0. The number of nitrogens with zero attached hydrogens (tertiary/aromatic N) is 3. The number of hydrogen-bond acceptors (Lipinski definition) is 6. The fourth-order valence-electron chi connectivity index (χ4n) is 3.28. The van der Waals surface area contributed by atoms with Gasteiger partial charge in [-0.25, -0.2) is 15.0 Å². The van der Waals surface area contributed by atoms with Gasteiger partial charge in [-0.15, -0.1) is 0 Å². The van der Waals surface area contributed by atoms with Crippen molar-refractivity contribution in [3.63, 3.8) is 0 Å². The van der Waals surface area contributed by atoms with Crippen molar-refractivity contribution in [1.82, 2.24) is 15.0 Å². The summed E-state index contributed by atoms with van der Waals surface area (Å²) in [6.07, 6.45) is 4.29. The number of nitrogen functional groups attached to an aromatic ring is 1. The number of anilines is 2. The van der Waals surface area contributed by atoms with Crippen molar-refractivity contribution < 1.29 is 0 Å². The summed E-state index contributed by atoms with van der Waals surface area (Å²) in [5.41, 5.74) is 16.3. The fraction of sp³-hybridized carbons (Fsp3) is 0.250. The van der Waals surface area contributed by atoms with Crippen LogP contribution < -0.4 is 16.8 Å². The maximum atomic E-state index is 6.19. The Labute approximate surface area is 152 Å². The van der Waals surface area contributed by atoms with Crippen LogP contribution in [0.5, 0.6) is 0 Å². The number of pyridine rings is 1. The summed E-state index contributed by atoms with van der Waals surface area (Å²) in [4.78, 5) is 13.6. The van der Waals surface area contributed by atoms with Crippen molar-refractivity contribution in [2.24, 2.45) is 5.73 Å². The van der Waals surface area contributed by atoms with Crippen molar-refractivity contribution in [1.29, 1.82) is 0 Å². The van der Waals surface area contributed by atoms with Crippen LogP contribution in [0, 0.1) is 0 Å². The molecule has 1 atom stereocenters. The van der Waals surface area contributed by atoms with Gasteiger partial charge in [-0.2, -0.15) is 0 Å². The molecule has 132 valence electrons. The SMILES string of the molecule is Nc1cc(-c2nc3c(c(NCc4ccccc4)n2)CC(N)CC3)ccn1. The van der Waals surface area contributed by atoms with Crippen molar-refractivity contribution in [3.05, 3.63) is 65.5 Å². The van der Waals surface area contributed by atoms with Gasteiger partial charge in [0.15, 0.2) is 5.82 Å². The zero-order valence-corrected chi connectivity index (χ0v) is 14.5. The second-order valence-corrected chi connectivity index (χ2v) is 6.63. The lowest BCUT2D eigenvalue weighted by molar-refractivity contribution is 0.565. The molecule has 1 aliphatic carbocycles. The van der Waals surface area contributed by atoms with Crippen LogP contribution in [0.4, 0.5) is 11.6 Å². The first-order chi connectivity index (χ1) is 12.7. The minimum absolute atomic E-state index is 0.158. The molecule has 0 amide bonds. The molecule has 1 unspecified atom stereocenters. The van der Waals surface area contributed by atoms with E-state index in [4.69, 9.17) is 21.4 Å². The van der Waals surface area contributed by atoms with E-state index in [1.807, 2.05) is 24.3 Å². The number of fused-ring (bicyclic) bond motifs is 1. The molecular formula is C20H22N6. The molecule has 4 rings (SSSR count). The highest BCUT2D eigenvalue weighted by Gasteiger charge is 2.22. The van der Waals surface area contributed by atoms with Crippen LogP contribution in [0.2, 0.25) is 0 Å². The van der Waals surface area contributed by atoms with Crippen LogP contribution in [0.15, 0.2) is 48.7 Å². The van der Waals surface area contributed by atoms with Gasteiger partial charge in [0.25, 0.3) is 0 Å². The lowest BCUT2D eigenvalue weighted by Crippen LogP contribution is -2.29. The summed E-state index contributed by atoms with van der Waals surface area (Å²) in [5.74, 6) is 1.99. The van der Waals surface area contributed by atoms with E-state index < -0.39 is 0 Å². The highest BCUT2D eigenvalue weighted by Crippen LogP contribution is 2.28. The van der Waals surface area contributed by atoms with Crippen molar-refractivity contribution in [2.75, 3.05) is 11.1 Å². The first-order valence-corrected chi connectivity index (χ1v) is 8.84. The minimum atomic E-state index is 0.158. The van der Waals surface area contributed by atoms with Gasteiger partial charge < -0.3 is 16.8 Å². The predicted molar refractivity (Wildman–Crippen MR) is 103 cm³/mol. The topological polar surface area (TPSA) is 103 Å². The third kappa shape index (κ3) is 3.50. The van der Waals surface area contributed by atoms with Gasteiger partial charge in [-0.1, -0.05) is 30.3 Å². The van der Waals surface area contributed by atoms with Crippen LogP contribution in [-0.4, -0.2) is 21.0 Å². The van der Waals surface area contributed by atoms with Crippen LogP contribution in [-0.2, 0) is 19.4 Å². The summed E-state index contributed by atoms with van der Waals surface area (Å²) in [6.45, 7) is 0.706. The van der Waals surface area contributed by atoms with E-state index in [-0.39, 0.29) is 6.04 Å². The Hall–Kier alpha value is -2.99. The Morgan fingerprint density at radius 1 is 1.12 bits per heavy atom. The molecule has 0 fully saturated rings. The van der Waals surface area contributed by atoms with Gasteiger partial charge >= 0.3 is 0 Å². The molecule has 0 spiro atoms. The summed E-state index contributed by atoms with van der Waals surface area (Å²) >= 11 is 0. The Balaban J connectivity index is 1.71. The number of nitrogens with one attached hydrogen (secondary N) is 1. The van der Waals surface area contributed by atoms with Crippen LogP contribution in [0.25, 0.3) is 11.4 Å². The minimum Gasteiger partial charge on any atom is -0.384 e. The maximum Gasteiger partial charge on any atom is 0.161 e. The standard InChI is InChI=1S/C20H22N6/c21-15-6-7-17-16(11-15)20(24-12-13-4-2-1-3-5-13)26-19(25-17)14-8-9-23-18(22)10-14/h1-5,8-10,15H,6-7,11-12,21H2,(H2,22,23)(H,24,25,26). The zero-order valence-electron chi connectivity index (χ0n) is 14.5. The second-order valence-electron chi connectivity index (χ2n) is 6.63. The van der Waals surface area contributed by atoms with E-state index in [2.05, 4.69) is 22.4 Å². The predicted octanol–water partition coefficient (Wildman–Crippen LogP) is 2.55. The largest absolute Gasteiger partial charge is 0.384 e. The van der Waals surface area contributed by atoms with E-state index in [1.54, 1.807) is 12.3 Å². The third-order valence-corrected chi connectivity index (χ3v) is 4.65. The maximum absolute atomic E-state index is 6.19. The Bertz CT molecular complexity index is 909. The molecule has 2 heterocycles. The van der Waals surface area contributed by atoms with Crippen molar-refractivity contribution >= 4 is 11.6 Å². The number of aromatic nitrogens is 3. The molecule has 2 aromatic heterocycles. The lowest BCUT2D eigenvalue weighted by Gasteiger charge is -2.24. The highest BCUT2D eigenvalue weighted by molar-refractivity contribution is 5.62. The quantitative estimate of drug-likeness (QED) is 0.671. The van der Waals surface area contributed by atoms with Gasteiger partial charge in [-0.3, -0.25) is 0 Å². The summed E-state index contributed by atoms with van der Waals surface area (Å²) in [6, 6.07) is 14.1. The first-order valence-electron chi connectivity index (χ1n) is 8.84. The van der Waals surface area contributed by atoms with Crippen LogP contribution in [0.1, 0.15) is 23.2 Å². The van der Waals surface area contributed by atoms with Crippen molar-refractivity contribution in [3.8, 4) is 11.4 Å². The van der Waals surface area contributed by atoms with E-state index in [0.29, 0.717) is 18.2 Å². The van der Waals surface area contributed by atoms with Gasteiger partial charge in [0, 0.05) is 35.6 Å². The number of rotatable bonds is 4. The van der Waals surface area contributed by atoms with E-state index in [0.717, 1.165) is 41.9 Å². The molecular weight excluding hydrogens is 324 g/mol.